The maximum absolute atomic E-state index is 13.9. The Morgan fingerprint density at radius 2 is 1.93 bits per heavy atom. The van der Waals surface area contributed by atoms with Gasteiger partial charge in [0.25, 0.3) is 0 Å². The molecule has 10 heteroatoms. The monoisotopic (exact) mass is 429 g/mol. The van der Waals surface area contributed by atoms with Gasteiger partial charge < -0.3 is 8.92 Å². The van der Waals surface area contributed by atoms with E-state index in [1.54, 1.807) is 6.07 Å². The molecule has 0 aliphatic carbocycles. The molecule has 0 aromatic heterocycles. The highest BCUT2D eigenvalue weighted by Crippen LogP contribution is 2.35. The van der Waals surface area contributed by atoms with Crippen LogP contribution < -0.4 is 4.18 Å². The minimum Gasteiger partial charge on any atom is -0.402 e. The van der Waals surface area contributed by atoms with Crippen LogP contribution in [0.1, 0.15) is 11.1 Å². The predicted molar refractivity (Wildman–Crippen MR) is 98.9 cm³/mol. The Labute approximate surface area is 164 Å². The van der Waals surface area contributed by atoms with Crippen LogP contribution in [0.25, 0.3) is 6.08 Å². The first kappa shape index (κ1) is 19.3. The number of benzene rings is 2. The van der Waals surface area contributed by atoms with Crippen LogP contribution in [0, 0.1) is 5.82 Å². The van der Waals surface area contributed by atoms with Crippen LogP contribution in [0.2, 0.25) is 10.0 Å². The molecule has 3 rings (SSSR count). The van der Waals surface area contributed by atoms with E-state index in [1.807, 2.05) is 0 Å². The molecule has 2 aromatic carbocycles. The van der Waals surface area contributed by atoms with E-state index in [0.29, 0.717) is 0 Å². The van der Waals surface area contributed by atoms with Gasteiger partial charge in [0, 0.05) is 10.6 Å². The number of aliphatic imine (C=N–C) groups is 1. The highest BCUT2D eigenvalue weighted by Gasteiger charge is 2.27. The topological polar surface area (TPSA) is 82.0 Å². The Hall–Kier alpha value is -2.42. The molecule has 0 bridgehead atoms. The highest BCUT2D eigenvalue weighted by molar-refractivity contribution is 7.86. The number of ether oxygens (including phenoxy) is 1. The van der Waals surface area contributed by atoms with Crippen LogP contribution in [-0.2, 0) is 19.6 Å². The van der Waals surface area contributed by atoms with Gasteiger partial charge in [-0.15, -0.1) is 0 Å². The maximum Gasteiger partial charge on any atom is 0.363 e. The summed E-state index contributed by atoms with van der Waals surface area (Å²) in [6, 6.07) is 8.26. The molecule has 1 aliphatic heterocycles. The standard InChI is InChI=1S/C17H10Cl2FNO5S/c1-27(23,24)26-15-9(6-10(18)8-12(15)19)7-14-17(22)25-16(21-14)11-4-2-3-5-13(11)20/h2-8H,1H3. The molecule has 1 heterocycles. The van der Waals surface area contributed by atoms with E-state index < -0.39 is 21.9 Å². The molecule has 2 aromatic rings. The molecule has 0 fully saturated rings. The molecule has 0 N–H and O–H groups in total. The summed E-state index contributed by atoms with van der Waals surface area (Å²) in [6.45, 7) is 0. The summed E-state index contributed by atoms with van der Waals surface area (Å²) in [7, 11) is -3.90. The summed E-state index contributed by atoms with van der Waals surface area (Å²) >= 11 is 11.9. The third-order valence-corrected chi connectivity index (χ3v) is 4.26. The molecule has 27 heavy (non-hydrogen) atoms. The molecule has 0 atom stereocenters. The number of halogens is 3. The average molecular weight is 430 g/mol. The Balaban J connectivity index is 2.09. The van der Waals surface area contributed by atoms with Crippen molar-refractivity contribution in [3.05, 3.63) is 69.1 Å². The summed E-state index contributed by atoms with van der Waals surface area (Å²) < 4.78 is 46.7. The number of esters is 1. The largest absolute Gasteiger partial charge is 0.402 e. The summed E-state index contributed by atoms with van der Waals surface area (Å²) in [4.78, 5) is 16.1. The van der Waals surface area contributed by atoms with E-state index in [2.05, 4.69) is 4.99 Å². The normalized spacial score (nSPS) is 15.6. The smallest absolute Gasteiger partial charge is 0.363 e. The molecule has 140 valence electrons. The first-order valence-electron chi connectivity index (χ1n) is 7.30. The van der Waals surface area contributed by atoms with E-state index in [9.17, 15) is 17.6 Å². The van der Waals surface area contributed by atoms with Crippen LogP contribution >= 0.6 is 23.2 Å². The van der Waals surface area contributed by atoms with Crippen molar-refractivity contribution in [3.63, 3.8) is 0 Å². The number of hydrogen-bond donors (Lipinski definition) is 0. The van der Waals surface area contributed by atoms with Crippen LogP contribution in [0.5, 0.6) is 5.75 Å². The van der Waals surface area contributed by atoms with E-state index in [0.717, 1.165) is 6.26 Å². The SMILES string of the molecule is CS(=O)(=O)Oc1c(Cl)cc(Cl)cc1C=C1N=C(c2ccccc2F)OC1=O. The molecular formula is C17H10Cl2FNO5S. The fourth-order valence-electron chi connectivity index (χ4n) is 2.23. The second-order valence-electron chi connectivity index (χ2n) is 5.41. The zero-order valence-electron chi connectivity index (χ0n) is 13.6. The fourth-order valence-corrected chi connectivity index (χ4v) is 3.32. The van der Waals surface area contributed by atoms with Gasteiger partial charge >= 0.3 is 16.1 Å². The summed E-state index contributed by atoms with van der Waals surface area (Å²) in [6.07, 6.45) is 2.03. The Kier molecular flexibility index (Phi) is 5.23. The molecule has 6 nitrogen and oxygen atoms in total. The van der Waals surface area contributed by atoms with Gasteiger partial charge in [-0.3, -0.25) is 0 Å². The maximum atomic E-state index is 13.9. The van der Waals surface area contributed by atoms with Gasteiger partial charge in [-0.05, 0) is 30.3 Å². The Bertz CT molecular complexity index is 1110. The van der Waals surface area contributed by atoms with Gasteiger partial charge in [0.1, 0.15) is 5.82 Å². The second kappa shape index (κ2) is 7.30. The third-order valence-electron chi connectivity index (χ3n) is 3.29. The van der Waals surface area contributed by atoms with Gasteiger partial charge in [0.15, 0.2) is 11.4 Å². The molecule has 0 saturated heterocycles. The number of hydrogen-bond acceptors (Lipinski definition) is 6. The molecule has 0 unspecified atom stereocenters. The minimum atomic E-state index is -3.90. The van der Waals surface area contributed by atoms with Crippen LogP contribution in [0.4, 0.5) is 4.39 Å². The van der Waals surface area contributed by atoms with Crippen LogP contribution in [-0.4, -0.2) is 26.5 Å². The van der Waals surface area contributed by atoms with Gasteiger partial charge in [-0.1, -0.05) is 35.3 Å². The van der Waals surface area contributed by atoms with E-state index in [-0.39, 0.29) is 38.5 Å². The number of carbonyl (C=O) groups excluding carboxylic acids is 1. The fraction of sp³-hybridized carbons (Fsp3) is 0.0588. The molecule has 1 aliphatic rings. The van der Waals surface area contributed by atoms with Crippen molar-refractivity contribution in [3.8, 4) is 5.75 Å². The van der Waals surface area contributed by atoms with E-state index >= 15 is 0 Å². The zero-order valence-corrected chi connectivity index (χ0v) is 15.9. The Morgan fingerprint density at radius 1 is 1.22 bits per heavy atom. The van der Waals surface area contributed by atoms with Gasteiger partial charge in [0.05, 0.1) is 16.8 Å². The predicted octanol–water partition coefficient (Wildman–Crippen LogP) is 3.82. The molecule has 0 radical (unpaired) electrons. The van der Waals surface area contributed by atoms with Gasteiger partial charge in [0.2, 0.25) is 5.90 Å². The molecule has 0 amide bonds. The number of rotatable bonds is 4. The van der Waals surface area contributed by atoms with E-state index in [4.69, 9.17) is 32.1 Å². The van der Waals surface area contributed by atoms with Crippen molar-refractivity contribution in [1.82, 2.24) is 0 Å². The third kappa shape index (κ3) is 4.47. The van der Waals surface area contributed by atoms with Crippen molar-refractivity contribution >= 4 is 51.3 Å². The second-order valence-corrected chi connectivity index (χ2v) is 7.83. The van der Waals surface area contributed by atoms with Crippen molar-refractivity contribution in [2.45, 2.75) is 0 Å². The van der Waals surface area contributed by atoms with Gasteiger partial charge in [-0.25, -0.2) is 14.2 Å². The first-order valence-corrected chi connectivity index (χ1v) is 9.87. The van der Waals surface area contributed by atoms with Crippen molar-refractivity contribution in [2.24, 2.45) is 4.99 Å². The van der Waals surface area contributed by atoms with Crippen molar-refractivity contribution in [1.29, 1.82) is 0 Å². The lowest BCUT2D eigenvalue weighted by atomic mass is 10.1. The summed E-state index contributed by atoms with van der Waals surface area (Å²) in [5, 5.41) is 0.0989. The van der Waals surface area contributed by atoms with Crippen molar-refractivity contribution in [2.75, 3.05) is 6.26 Å². The van der Waals surface area contributed by atoms with Crippen molar-refractivity contribution < 1.29 is 26.5 Å². The average Bonchev–Trinajstić information content (AvgIpc) is 2.91. The quantitative estimate of drug-likeness (QED) is 0.419. The number of cyclic esters (lactones) is 1. The highest BCUT2D eigenvalue weighted by atomic mass is 35.5. The molecular weight excluding hydrogens is 420 g/mol. The Morgan fingerprint density at radius 3 is 2.59 bits per heavy atom. The van der Waals surface area contributed by atoms with Crippen LogP contribution in [0.15, 0.2) is 47.1 Å². The minimum absolute atomic E-state index is 0.00554. The number of nitrogens with zero attached hydrogens (tertiary/aromatic N) is 1. The lowest BCUT2D eigenvalue weighted by Gasteiger charge is -2.09. The van der Waals surface area contributed by atoms with Gasteiger partial charge in [-0.2, -0.15) is 8.42 Å². The first-order chi connectivity index (χ1) is 12.6. The molecule has 0 saturated carbocycles. The summed E-state index contributed by atoms with van der Waals surface area (Å²) in [5.74, 6) is -1.91. The van der Waals surface area contributed by atoms with Crippen LogP contribution in [0.3, 0.4) is 0 Å². The lowest BCUT2D eigenvalue weighted by Crippen LogP contribution is -2.08. The molecule has 0 spiro atoms. The zero-order chi connectivity index (χ0) is 19.8. The summed E-state index contributed by atoms with van der Waals surface area (Å²) in [5.41, 5.74) is -0.112. The van der Waals surface area contributed by atoms with E-state index in [1.165, 1.54) is 36.4 Å². The lowest BCUT2D eigenvalue weighted by molar-refractivity contribution is -0.129. The number of carbonyl (C=O) groups is 1.